The molecule has 1 rings (SSSR count). The van der Waals surface area contributed by atoms with E-state index in [-0.39, 0.29) is 17.9 Å². The summed E-state index contributed by atoms with van der Waals surface area (Å²) >= 11 is 0. The largest absolute Gasteiger partial charge is 0.469 e. The number of nitrogens with two attached hydrogens (primary N) is 1. The number of amides is 1. The number of carbonyl (C=O) groups is 2. The van der Waals surface area contributed by atoms with Crippen LogP contribution in [0, 0.1) is 0 Å². The number of hydrogen-bond acceptors (Lipinski definition) is 4. The zero-order valence-electron chi connectivity index (χ0n) is 11.9. The maximum Gasteiger partial charge on any atom is 0.307 e. The second-order valence-electron chi connectivity index (χ2n) is 5.12. The standard InChI is InChI=1S/C14H26N2O3/c1-19-14(18)11-12-7-4-6-10-16(12)13(17)8-3-2-5-9-15/h12H,2-11,15H2,1H3. The Morgan fingerprint density at radius 2 is 2.05 bits per heavy atom. The molecular formula is C14H26N2O3. The van der Waals surface area contributed by atoms with Gasteiger partial charge in [0.15, 0.2) is 0 Å². The number of piperidine rings is 1. The zero-order valence-corrected chi connectivity index (χ0v) is 11.9. The number of hydrogen-bond donors (Lipinski definition) is 1. The van der Waals surface area contributed by atoms with Gasteiger partial charge >= 0.3 is 5.97 Å². The molecule has 5 nitrogen and oxygen atoms in total. The molecule has 0 aromatic carbocycles. The third kappa shape index (κ3) is 5.59. The van der Waals surface area contributed by atoms with E-state index in [1.807, 2.05) is 4.90 Å². The molecule has 0 aromatic heterocycles. The van der Waals surface area contributed by atoms with Gasteiger partial charge in [-0.3, -0.25) is 9.59 Å². The molecule has 1 aliphatic rings. The van der Waals surface area contributed by atoms with E-state index in [1.165, 1.54) is 7.11 Å². The molecule has 0 saturated carbocycles. The first-order valence-electron chi connectivity index (χ1n) is 7.25. The topological polar surface area (TPSA) is 72.6 Å². The summed E-state index contributed by atoms with van der Waals surface area (Å²) in [7, 11) is 1.39. The van der Waals surface area contributed by atoms with E-state index in [1.54, 1.807) is 0 Å². The number of esters is 1. The second-order valence-corrected chi connectivity index (χ2v) is 5.12. The van der Waals surface area contributed by atoms with Crippen molar-refractivity contribution in [2.75, 3.05) is 20.2 Å². The molecular weight excluding hydrogens is 244 g/mol. The van der Waals surface area contributed by atoms with Crippen molar-refractivity contribution in [3.05, 3.63) is 0 Å². The zero-order chi connectivity index (χ0) is 14.1. The summed E-state index contributed by atoms with van der Waals surface area (Å²) in [4.78, 5) is 25.4. The molecule has 0 aromatic rings. The summed E-state index contributed by atoms with van der Waals surface area (Å²) in [6.45, 7) is 1.46. The molecule has 2 N–H and O–H groups in total. The second kappa shape index (κ2) is 8.91. The summed E-state index contributed by atoms with van der Waals surface area (Å²) in [6.07, 6.45) is 6.77. The van der Waals surface area contributed by atoms with Crippen LogP contribution in [0.2, 0.25) is 0 Å². The van der Waals surface area contributed by atoms with Gasteiger partial charge in [0.05, 0.1) is 13.5 Å². The van der Waals surface area contributed by atoms with Gasteiger partial charge in [0, 0.05) is 19.0 Å². The Balaban J connectivity index is 2.41. The van der Waals surface area contributed by atoms with Crippen LogP contribution in [0.1, 0.15) is 51.4 Å². The highest BCUT2D eigenvalue weighted by molar-refractivity contribution is 5.78. The van der Waals surface area contributed by atoms with Crippen LogP contribution in [0.15, 0.2) is 0 Å². The van der Waals surface area contributed by atoms with Crippen molar-refractivity contribution in [3.8, 4) is 0 Å². The lowest BCUT2D eigenvalue weighted by Gasteiger charge is -2.35. The van der Waals surface area contributed by atoms with Gasteiger partial charge < -0.3 is 15.4 Å². The van der Waals surface area contributed by atoms with E-state index in [9.17, 15) is 9.59 Å². The lowest BCUT2D eigenvalue weighted by atomic mass is 9.98. The molecule has 1 fully saturated rings. The monoisotopic (exact) mass is 270 g/mol. The van der Waals surface area contributed by atoms with Crippen LogP contribution in [0.4, 0.5) is 0 Å². The molecule has 0 spiro atoms. The minimum atomic E-state index is -0.229. The molecule has 1 saturated heterocycles. The quantitative estimate of drug-likeness (QED) is 0.561. The number of ether oxygens (including phenoxy) is 1. The fourth-order valence-electron chi connectivity index (χ4n) is 2.56. The summed E-state index contributed by atoms with van der Waals surface area (Å²) in [5.41, 5.74) is 5.43. The predicted octanol–water partition coefficient (Wildman–Crippen LogP) is 1.45. The van der Waals surface area contributed by atoms with Crippen molar-refractivity contribution in [1.29, 1.82) is 0 Å². The first kappa shape index (κ1) is 16.0. The number of nitrogens with zero attached hydrogens (tertiary/aromatic N) is 1. The van der Waals surface area contributed by atoms with Crippen molar-refractivity contribution in [3.63, 3.8) is 0 Å². The molecule has 1 unspecified atom stereocenters. The number of likely N-dealkylation sites (tertiary alicyclic amines) is 1. The van der Waals surface area contributed by atoms with Gasteiger partial charge in [-0.15, -0.1) is 0 Å². The maximum absolute atomic E-state index is 12.2. The third-order valence-corrected chi connectivity index (χ3v) is 3.67. The number of rotatable bonds is 7. The summed E-state index contributed by atoms with van der Waals surface area (Å²) in [5, 5.41) is 0. The van der Waals surface area contributed by atoms with E-state index in [4.69, 9.17) is 10.5 Å². The van der Waals surface area contributed by atoms with E-state index in [0.29, 0.717) is 19.4 Å². The molecule has 1 amide bonds. The molecule has 1 aliphatic heterocycles. The van der Waals surface area contributed by atoms with Gasteiger partial charge in [-0.2, -0.15) is 0 Å². The molecule has 5 heteroatoms. The smallest absolute Gasteiger partial charge is 0.307 e. The Bertz CT molecular complexity index is 294. The van der Waals surface area contributed by atoms with Gasteiger partial charge in [0.1, 0.15) is 0 Å². The van der Waals surface area contributed by atoms with Crippen molar-refractivity contribution in [2.45, 2.75) is 57.4 Å². The molecule has 1 heterocycles. The van der Waals surface area contributed by atoms with Crippen LogP contribution in [-0.4, -0.2) is 43.0 Å². The average molecular weight is 270 g/mol. The average Bonchev–Trinajstić information content (AvgIpc) is 2.43. The van der Waals surface area contributed by atoms with Crippen LogP contribution in [0.25, 0.3) is 0 Å². The molecule has 0 radical (unpaired) electrons. The van der Waals surface area contributed by atoms with Crippen molar-refractivity contribution in [2.24, 2.45) is 5.73 Å². The van der Waals surface area contributed by atoms with Crippen molar-refractivity contribution in [1.82, 2.24) is 4.90 Å². The lowest BCUT2D eigenvalue weighted by Crippen LogP contribution is -2.44. The highest BCUT2D eigenvalue weighted by atomic mass is 16.5. The number of methoxy groups -OCH3 is 1. The lowest BCUT2D eigenvalue weighted by molar-refractivity contribution is -0.144. The molecule has 110 valence electrons. The molecule has 0 bridgehead atoms. The first-order chi connectivity index (χ1) is 9.19. The van der Waals surface area contributed by atoms with Gasteiger partial charge in [-0.25, -0.2) is 0 Å². The van der Waals surface area contributed by atoms with Crippen LogP contribution in [0.3, 0.4) is 0 Å². The molecule has 0 aliphatic carbocycles. The highest BCUT2D eigenvalue weighted by Gasteiger charge is 2.28. The van der Waals surface area contributed by atoms with E-state index in [2.05, 4.69) is 0 Å². The minimum Gasteiger partial charge on any atom is -0.469 e. The SMILES string of the molecule is COC(=O)CC1CCCCN1C(=O)CCCCCN. The first-order valence-corrected chi connectivity index (χ1v) is 7.25. The van der Waals surface area contributed by atoms with Crippen molar-refractivity contribution >= 4 is 11.9 Å². The van der Waals surface area contributed by atoms with Gasteiger partial charge in [0.25, 0.3) is 0 Å². The van der Waals surface area contributed by atoms with Crippen molar-refractivity contribution < 1.29 is 14.3 Å². The maximum atomic E-state index is 12.2. The van der Waals surface area contributed by atoms with Gasteiger partial charge in [-0.05, 0) is 38.6 Å². The molecule has 19 heavy (non-hydrogen) atoms. The Kier molecular flexibility index (Phi) is 7.48. The van der Waals surface area contributed by atoms with Crippen LogP contribution in [-0.2, 0) is 14.3 Å². The highest BCUT2D eigenvalue weighted by Crippen LogP contribution is 2.21. The number of carbonyl (C=O) groups excluding carboxylic acids is 2. The number of unbranched alkanes of at least 4 members (excludes halogenated alkanes) is 2. The van der Waals surface area contributed by atoms with Crippen LogP contribution >= 0.6 is 0 Å². The normalized spacial score (nSPS) is 19.3. The van der Waals surface area contributed by atoms with Gasteiger partial charge in [-0.1, -0.05) is 6.42 Å². The van der Waals surface area contributed by atoms with Crippen LogP contribution < -0.4 is 5.73 Å². The van der Waals surface area contributed by atoms with Gasteiger partial charge in [0.2, 0.25) is 5.91 Å². The Morgan fingerprint density at radius 3 is 2.74 bits per heavy atom. The third-order valence-electron chi connectivity index (χ3n) is 3.67. The minimum absolute atomic E-state index is 0.0307. The fraction of sp³-hybridized carbons (Fsp3) is 0.857. The Hall–Kier alpha value is -1.10. The van der Waals surface area contributed by atoms with E-state index in [0.717, 1.165) is 45.1 Å². The predicted molar refractivity (Wildman–Crippen MR) is 73.5 cm³/mol. The summed E-state index contributed by atoms with van der Waals surface area (Å²) in [5.74, 6) is -0.0570. The molecule has 1 atom stereocenters. The Morgan fingerprint density at radius 1 is 1.26 bits per heavy atom. The van der Waals surface area contributed by atoms with E-state index >= 15 is 0 Å². The Labute approximate surface area is 115 Å². The summed E-state index contributed by atoms with van der Waals surface area (Å²) in [6, 6.07) is 0.0307. The fourth-order valence-corrected chi connectivity index (χ4v) is 2.56. The van der Waals surface area contributed by atoms with E-state index < -0.39 is 0 Å². The van der Waals surface area contributed by atoms with Crippen LogP contribution in [0.5, 0.6) is 0 Å². The summed E-state index contributed by atoms with van der Waals surface area (Å²) < 4.78 is 4.70.